The molecule has 2 aliphatic heterocycles. The van der Waals surface area contributed by atoms with Gasteiger partial charge in [-0.15, -0.1) is 0 Å². The first-order chi connectivity index (χ1) is 12.9. The molecule has 0 spiro atoms. The molecule has 1 aromatic rings. The van der Waals surface area contributed by atoms with Crippen molar-refractivity contribution in [2.75, 3.05) is 45.8 Å². The number of methoxy groups -OCH3 is 2. The quantitative estimate of drug-likeness (QED) is 0.735. The molecule has 27 heavy (non-hydrogen) atoms. The van der Waals surface area contributed by atoms with E-state index in [0.29, 0.717) is 31.9 Å². The SMILES string of the molecule is COC(OC)C1CCc2cc(CN3CCN(C)CC3=O)cnc2N1C(N)=O. The highest BCUT2D eigenvalue weighted by atomic mass is 16.7. The van der Waals surface area contributed by atoms with Gasteiger partial charge in [0, 0.05) is 40.1 Å². The topological polar surface area (TPSA) is 101 Å². The lowest BCUT2D eigenvalue weighted by atomic mass is 9.97. The Hall–Kier alpha value is -2.23. The monoisotopic (exact) mass is 377 g/mol. The second kappa shape index (κ2) is 8.20. The molecule has 0 saturated carbocycles. The molecule has 0 bridgehead atoms. The summed E-state index contributed by atoms with van der Waals surface area (Å²) in [4.78, 5) is 34.1. The largest absolute Gasteiger partial charge is 0.354 e. The minimum Gasteiger partial charge on any atom is -0.354 e. The Kier molecular flexibility index (Phi) is 5.93. The minimum absolute atomic E-state index is 0.114. The molecule has 9 nitrogen and oxygen atoms in total. The van der Waals surface area contributed by atoms with Crippen molar-refractivity contribution >= 4 is 17.8 Å². The number of amides is 3. The normalized spacial score (nSPS) is 20.9. The number of aromatic nitrogens is 1. The number of carbonyl (C=O) groups excluding carboxylic acids is 2. The minimum atomic E-state index is -0.588. The molecule has 3 rings (SSSR count). The van der Waals surface area contributed by atoms with E-state index in [0.717, 1.165) is 24.1 Å². The first-order valence-corrected chi connectivity index (χ1v) is 9.03. The van der Waals surface area contributed by atoms with Crippen LogP contribution in [0.3, 0.4) is 0 Å². The van der Waals surface area contributed by atoms with E-state index >= 15 is 0 Å². The zero-order chi connectivity index (χ0) is 19.6. The molecule has 0 aliphatic carbocycles. The van der Waals surface area contributed by atoms with Gasteiger partial charge in [-0.05, 0) is 37.1 Å². The summed E-state index contributed by atoms with van der Waals surface area (Å²) in [5, 5.41) is 0. The lowest BCUT2D eigenvalue weighted by Gasteiger charge is -2.38. The Morgan fingerprint density at radius 3 is 2.74 bits per heavy atom. The van der Waals surface area contributed by atoms with E-state index in [2.05, 4.69) is 4.98 Å². The van der Waals surface area contributed by atoms with Crippen molar-refractivity contribution in [3.05, 3.63) is 23.4 Å². The van der Waals surface area contributed by atoms with E-state index in [-0.39, 0.29) is 11.9 Å². The second-order valence-corrected chi connectivity index (χ2v) is 7.03. The summed E-state index contributed by atoms with van der Waals surface area (Å²) in [5.74, 6) is 0.648. The van der Waals surface area contributed by atoms with Gasteiger partial charge in [0.1, 0.15) is 5.82 Å². The van der Waals surface area contributed by atoms with E-state index < -0.39 is 12.3 Å². The van der Waals surface area contributed by atoms with Crippen molar-refractivity contribution in [3.63, 3.8) is 0 Å². The maximum atomic E-state index is 12.2. The fraction of sp³-hybridized carbons (Fsp3) is 0.611. The van der Waals surface area contributed by atoms with Crippen molar-refractivity contribution in [1.29, 1.82) is 0 Å². The lowest BCUT2D eigenvalue weighted by Crippen LogP contribution is -2.53. The van der Waals surface area contributed by atoms with Gasteiger partial charge in [-0.25, -0.2) is 9.78 Å². The number of anilines is 1. The number of hydrogen-bond donors (Lipinski definition) is 1. The first kappa shape index (κ1) is 19.5. The standard InChI is InChI=1S/C18H27N5O4/c1-21-6-7-22(15(24)11-21)10-12-8-13-4-5-14(17(26-2)27-3)23(18(19)25)16(13)20-9-12/h8-9,14,17H,4-7,10-11H2,1-3H3,(H2,19,25). The number of hydrogen-bond acceptors (Lipinski definition) is 6. The summed E-state index contributed by atoms with van der Waals surface area (Å²) in [7, 11) is 5.01. The maximum absolute atomic E-state index is 12.2. The highest BCUT2D eigenvalue weighted by molar-refractivity contribution is 5.91. The Bertz CT molecular complexity index is 709. The van der Waals surface area contributed by atoms with Crippen molar-refractivity contribution in [1.82, 2.24) is 14.8 Å². The fourth-order valence-corrected chi connectivity index (χ4v) is 3.78. The molecule has 0 aromatic carbocycles. The van der Waals surface area contributed by atoms with Gasteiger partial charge in [-0.2, -0.15) is 0 Å². The zero-order valence-corrected chi connectivity index (χ0v) is 16.1. The van der Waals surface area contributed by atoms with Crippen molar-refractivity contribution in [2.24, 2.45) is 5.73 Å². The van der Waals surface area contributed by atoms with Crippen LogP contribution in [0.15, 0.2) is 12.3 Å². The van der Waals surface area contributed by atoms with Crippen molar-refractivity contribution < 1.29 is 19.1 Å². The molecule has 1 unspecified atom stereocenters. The number of aryl methyl sites for hydroxylation is 1. The number of nitrogens with zero attached hydrogens (tertiary/aromatic N) is 4. The van der Waals surface area contributed by atoms with Crippen LogP contribution in [0.2, 0.25) is 0 Å². The third kappa shape index (κ3) is 4.05. The third-order valence-corrected chi connectivity index (χ3v) is 5.17. The van der Waals surface area contributed by atoms with Crippen LogP contribution < -0.4 is 10.6 Å². The predicted molar refractivity (Wildman–Crippen MR) is 99.1 cm³/mol. The van der Waals surface area contributed by atoms with Gasteiger partial charge in [-0.1, -0.05) is 0 Å². The van der Waals surface area contributed by atoms with Crippen LogP contribution in [-0.2, 0) is 27.2 Å². The summed E-state index contributed by atoms with van der Waals surface area (Å²) in [5.41, 5.74) is 7.51. The van der Waals surface area contributed by atoms with Gasteiger partial charge >= 0.3 is 6.03 Å². The van der Waals surface area contributed by atoms with Crippen LogP contribution in [0.25, 0.3) is 0 Å². The van der Waals surface area contributed by atoms with E-state index in [1.165, 1.54) is 19.1 Å². The van der Waals surface area contributed by atoms with Crippen molar-refractivity contribution in [2.45, 2.75) is 31.7 Å². The Labute approximate surface area is 159 Å². The Morgan fingerprint density at radius 1 is 1.37 bits per heavy atom. The molecule has 3 amide bonds. The van der Waals surface area contributed by atoms with Crippen LogP contribution in [0.1, 0.15) is 17.5 Å². The Balaban J connectivity index is 1.81. The van der Waals surface area contributed by atoms with Gasteiger partial charge in [0.2, 0.25) is 5.91 Å². The van der Waals surface area contributed by atoms with Crippen LogP contribution in [0.4, 0.5) is 10.6 Å². The lowest BCUT2D eigenvalue weighted by molar-refractivity contribution is -0.136. The van der Waals surface area contributed by atoms with Crippen LogP contribution in [-0.4, -0.2) is 80.0 Å². The molecule has 9 heteroatoms. The number of primary amides is 1. The zero-order valence-electron chi connectivity index (χ0n) is 16.1. The van der Waals surface area contributed by atoms with Gasteiger partial charge < -0.3 is 20.1 Å². The summed E-state index contributed by atoms with van der Waals surface area (Å²) < 4.78 is 10.7. The average molecular weight is 377 g/mol. The van der Waals surface area contributed by atoms with Gasteiger partial charge in [0.25, 0.3) is 0 Å². The molecule has 1 aromatic heterocycles. The molecular formula is C18H27N5O4. The van der Waals surface area contributed by atoms with Gasteiger partial charge in [-0.3, -0.25) is 14.6 Å². The van der Waals surface area contributed by atoms with Crippen LogP contribution in [0.5, 0.6) is 0 Å². The van der Waals surface area contributed by atoms with Crippen LogP contribution >= 0.6 is 0 Å². The number of nitrogens with two attached hydrogens (primary N) is 1. The van der Waals surface area contributed by atoms with E-state index in [1.807, 2.05) is 22.9 Å². The smallest absolute Gasteiger partial charge is 0.320 e. The molecule has 2 N–H and O–H groups in total. The average Bonchev–Trinajstić information content (AvgIpc) is 2.64. The summed E-state index contributed by atoms with van der Waals surface area (Å²) in [6, 6.07) is 1.09. The van der Waals surface area contributed by atoms with Crippen molar-refractivity contribution in [3.8, 4) is 0 Å². The molecule has 3 heterocycles. The number of likely N-dealkylation sites (N-methyl/N-ethyl adjacent to an activating group) is 1. The number of piperazine rings is 1. The summed E-state index contributed by atoms with van der Waals surface area (Å²) in [6.45, 7) is 2.51. The van der Waals surface area contributed by atoms with Crippen LogP contribution in [0, 0.1) is 0 Å². The van der Waals surface area contributed by atoms with E-state index in [9.17, 15) is 9.59 Å². The Morgan fingerprint density at radius 2 is 2.11 bits per heavy atom. The molecule has 1 atom stereocenters. The van der Waals surface area contributed by atoms with Gasteiger partial charge in [0.05, 0.1) is 12.6 Å². The first-order valence-electron chi connectivity index (χ1n) is 9.03. The number of pyridine rings is 1. The van der Waals surface area contributed by atoms with E-state index in [1.54, 1.807) is 6.20 Å². The predicted octanol–water partition coefficient (Wildman–Crippen LogP) is 0.174. The number of rotatable bonds is 5. The number of carbonyl (C=O) groups is 2. The molecule has 2 aliphatic rings. The third-order valence-electron chi connectivity index (χ3n) is 5.17. The maximum Gasteiger partial charge on any atom is 0.320 e. The molecule has 0 radical (unpaired) electrons. The summed E-state index contributed by atoms with van der Waals surface area (Å²) >= 11 is 0. The fourth-order valence-electron chi connectivity index (χ4n) is 3.78. The second-order valence-electron chi connectivity index (χ2n) is 7.03. The van der Waals surface area contributed by atoms with Gasteiger partial charge in [0.15, 0.2) is 6.29 Å². The summed E-state index contributed by atoms with van der Waals surface area (Å²) in [6.07, 6.45) is 2.51. The number of ether oxygens (including phenoxy) is 2. The highest BCUT2D eigenvalue weighted by Gasteiger charge is 2.37. The molecule has 148 valence electrons. The van der Waals surface area contributed by atoms with E-state index in [4.69, 9.17) is 15.2 Å². The molecular weight excluding hydrogens is 350 g/mol. The molecule has 1 saturated heterocycles. The highest BCUT2D eigenvalue weighted by Crippen LogP contribution is 2.31. The molecule has 1 fully saturated rings. The number of urea groups is 1. The number of fused-ring (bicyclic) bond motifs is 1.